The second-order valence-electron chi connectivity index (χ2n) is 10.0. The predicted octanol–water partition coefficient (Wildman–Crippen LogP) is 4.31. The van der Waals surface area contributed by atoms with E-state index in [9.17, 15) is 18.0 Å². The molecule has 0 bridgehead atoms. The highest BCUT2D eigenvalue weighted by atomic mass is 19.4. The molecule has 1 saturated heterocycles. The number of alkyl halides is 3. The van der Waals surface area contributed by atoms with Crippen LogP contribution in [0.3, 0.4) is 0 Å². The van der Waals surface area contributed by atoms with Crippen LogP contribution in [0.4, 0.5) is 24.5 Å². The molecule has 0 saturated carbocycles. The van der Waals surface area contributed by atoms with Gasteiger partial charge in [0.05, 0.1) is 30.2 Å². The molecular weight excluding hydrogens is 533 g/mol. The highest BCUT2D eigenvalue weighted by Crippen LogP contribution is 2.35. The third-order valence-corrected chi connectivity index (χ3v) is 7.28. The van der Waals surface area contributed by atoms with Crippen LogP contribution in [0.5, 0.6) is 0 Å². The lowest BCUT2D eigenvalue weighted by atomic mass is 10.1. The van der Waals surface area contributed by atoms with E-state index in [0.29, 0.717) is 49.8 Å². The Balaban J connectivity index is 1.40. The lowest BCUT2D eigenvalue weighted by Gasteiger charge is -2.35. The maximum absolute atomic E-state index is 13.8. The van der Waals surface area contributed by atoms with Gasteiger partial charge in [0.25, 0.3) is 5.91 Å². The molecule has 12 heteroatoms. The molecule has 5 rings (SSSR count). The van der Waals surface area contributed by atoms with Crippen LogP contribution in [-0.4, -0.2) is 68.3 Å². The molecule has 2 aromatic heterocycles. The first-order chi connectivity index (χ1) is 19.5. The van der Waals surface area contributed by atoms with Crippen molar-refractivity contribution >= 4 is 17.3 Å². The largest absolute Gasteiger partial charge is 0.416 e. The number of hydrogen-bond donors (Lipinski definition) is 1. The van der Waals surface area contributed by atoms with Gasteiger partial charge in [-0.05, 0) is 49.7 Å². The molecule has 1 aliphatic heterocycles. The topological polar surface area (TPSA) is 84.1 Å². The number of hydrogen-bond acceptors (Lipinski definition) is 6. The first kappa shape index (κ1) is 27.9. The second kappa shape index (κ2) is 11.1. The molecule has 0 radical (unpaired) electrons. The zero-order valence-corrected chi connectivity index (χ0v) is 22.9. The van der Waals surface area contributed by atoms with E-state index in [2.05, 4.69) is 31.5 Å². The van der Waals surface area contributed by atoms with Crippen molar-refractivity contribution in [1.29, 1.82) is 0 Å². The Morgan fingerprint density at radius 1 is 1.10 bits per heavy atom. The van der Waals surface area contributed by atoms with Gasteiger partial charge in [-0.2, -0.15) is 18.3 Å². The van der Waals surface area contributed by atoms with E-state index in [0.717, 1.165) is 29.0 Å². The minimum Gasteiger partial charge on any atom is -0.369 e. The summed E-state index contributed by atoms with van der Waals surface area (Å²) in [5.41, 5.74) is 3.73. The van der Waals surface area contributed by atoms with Gasteiger partial charge in [0.15, 0.2) is 0 Å². The van der Waals surface area contributed by atoms with Crippen molar-refractivity contribution in [2.45, 2.75) is 20.0 Å². The number of rotatable bonds is 6. The number of nitrogens with one attached hydrogen (secondary N) is 1. The summed E-state index contributed by atoms with van der Waals surface area (Å²) in [5.74, 6) is 2.05. The Bertz CT molecular complexity index is 1620. The van der Waals surface area contributed by atoms with Crippen molar-refractivity contribution in [3.05, 3.63) is 71.2 Å². The average molecular weight is 563 g/mol. The Morgan fingerprint density at radius 3 is 2.51 bits per heavy atom. The normalized spacial score (nSPS) is 14.2. The van der Waals surface area contributed by atoms with Crippen molar-refractivity contribution < 1.29 is 18.0 Å². The van der Waals surface area contributed by atoms with Gasteiger partial charge in [0.2, 0.25) is 0 Å². The molecule has 1 fully saturated rings. The summed E-state index contributed by atoms with van der Waals surface area (Å²) in [7, 11) is 1.84. The molecule has 0 atom stereocenters. The van der Waals surface area contributed by atoms with Crippen LogP contribution < -0.4 is 10.2 Å². The monoisotopic (exact) mass is 562 g/mol. The smallest absolute Gasteiger partial charge is 0.369 e. The van der Waals surface area contributed by atoms with Crippen LogP contribution in [-0.2, 0) is 13.2 Å². The van der Waals surface area contributed by atoms with Crippen LogP contribution >= 0.6 is 0 Å². The number of anilines is 2. The minimum absolute atomic E-state index is 0.0584. The molecule has 2 aromatic carbocycles. The first-order valence-electron chi connectivity index (χ1n) is 13.0. The summed E-state index contributed by atoms with van der Waals surface area (Å²) >= 11 is 0. The second-order valence-corrected chi connectivity index (χ2v) is 10.0. The van der Waals surface area contributed by atoms with E-state index in [4.69, 9.17) is 6.42 Å². The SMILES string of the molecule is C#CCN1CCN(c2cc(NC(=O)c3ccc(C)c(-n4cc(-c5cnn(C)c5C)nn4)c3)cc(C(F)(F)F)c2)CC1. The average Bonchev–Trinajstić information content (AvgIpc) is 3.55. The maximum Gasteiger partial charge on any atom is 0.416 e. The summed E-state index contributed by atoms with van der Waals surface area (Å²) in [4.78, 5) is 17.2. The van der Waals surface area contributed by atoms with Gasteiger partial charge in [-0.1, -0.05) is 17.2 Å². The number of terminal acetylenes is 1. The van der Waals surface area contributed by atoms with Gasteiger partial charge in [0.1, 0.15) is 5.69 Å². The molecule has 0 spiro atoms. The van der Waals surface area contributed by atoms with Gasteiger partial charge >= 0.3 is 6.18 Å². The number of carbonyl (C=O) groups is 1. The third kappa shape index (κ3) is 5.95. The van der Waals surface area contributed by atoms with Gasteiger partial charge in [0, 0.05) is 61.4 Å². The molecule has 9 nitrogen and oxygen atoms in total. The van der Waals surface area contributed by atoms with Crippen LogP contribution in [0, 0.1) is 26.2 Å². The molecule has 0 unspecified atom stereocenters. The minimum atomic E-state index is -4.57. The Morgan fingerprint density at radius 2 is 1.85 bits per heavy atom. The Kier molecular flexibility index (Phi) is 7.55. The lowest BCUT2D eigenvalue weighted by molar-refractivity contribution is -0.137. The highest BCUT2D eigenvalue weighted by molar-refractivity contribution is 6.05. The number of piperazine rings is 1. The number of aryl methyl sites for hydroxylation is 2. The number of carbonyl (C=O) groups excluding carboxylic acids is 1. The van der Waals surface area contributed by atoms with Gasteiger partial charge in [-0.15, -0.1) is 11.5 Å². The summed E-state index contributed by atoms with van der Waals surface area (Å²) in [6.07, 6.45) is 4.27. The van der Waals surface area contributed by atoms with Crippen LogP contribution in [0.2, 0.25) is 0 Å². The van der Waals surface area contributed by atoms with Crippen molar-refractivity contribution in [2.24, 2.45) is 7.05 Å². The van der Waals surface area contributed by atoms with Crippen molar-refractivity contribution in [2.75, 3.05) is 42.9 Å². The number of amides is 1. The van der Waals surface area contributed by atoms with E-state index >= 15 is 0 Å². The summed E-state index contributed by atoms with van der Waals surface area (Å²) in [6, 6.07) is 8.65. The number of benzene rings is 2. The summed E-state index contributed by atoms with van der Waals surface area (Å²) in [6.45, 7) is 6.62. The van der Waals surface area contributed by atoms with Crippen LogP contribution in [0.15, 0.2) is 48.8 Å². The van der Waals surface area contributed by atoms with E-state index < -0.39 is 17.6 Å². The number of nitrogens with zero attached hydrogens (tertiary/aromatic N) is 7. The number of aromatic nitrogens is 5. The predicted molar refractivity (Wildman–Crippen MR) is 150 cm³/mol. The van der Waals surface area contributed by atoms with Gasteiger partial charge in [-0.3, -0.25) is 14.4 Å². The van der Waals surface area contributed by atoms with Crippen LogP contribution in [0.1, 0.15) is 27.2 Å². The molecule has 212 valence electrons. The molecule has 0 aliphatic carbocycles. The fourth-order valence-corrected chi connectivity index (χ4v) is 4.78. The Labute approximate surface area is 235 Å². The molecule has 1 N–H and O–H groups in total. The van der Waals surface area contributed by atoms with E-state index in [-0.39, 0.29) is 11.3 Å². The third-order valence-electron chi connectivity index (χ3n) is 7.28. The van der Waals surface area contributed by atoms with Crippen molar-refractivity contribution in [3.63, 3.8) is 0 Å². The molecule has 41 heavy (non-hydrogen) atoms. The lowest BCUT2D eigenvalue weighted by Crippen LogP contribution is -2.46. The van der Waals surface area contributed by atoms with E-state index in [1.54, 1.807) is 46.0 Å². The first-order valence-corrected chi connectivity index (χ1v) is 13.0. The van der Waals surface area contributed by atoms with Gasteiger partial charge < -0.3 is 10.2 Å². The van der Waals surface area contributed by atoms with E-state index in [1.807, 2.05) is 25.8 Å². The molecule has 4 aromatic rings. The summed E-state index contributed by atoms with van der Waals surface area (Å²) in [5, 5.41) is 15.4. The zero-order valence-electron chi connectivity index (χ0n) is 22.9. The standard InChI is InChI=1S/C29H29F3N8O/c1-5-8-38-9-11-39(12-10-38)24-15-22(29(30,31)32)14-23(16-24)34-28(41)21-7-6-19(2)27(13-21)40-18-26(35-36-40)25-17-33-37(4)20(25)3/h1,6-7,13-18H,8-12H2,2-4H3,(H,34,41). The van der Waals surface area contributed by atoms with Gasteiger partial charge in [-0.25, -0.2) is 4.68 Å². The molecule has 1 aliphatic rings. The van der Waals surface area contributed by atoms with Crippen molar-refractivity contribution in [3.8, 4) is 29.3 Å². The van der Waals surface area contributed by atoms with Crippen LogP contribution in [0.25, 0.3) is 16.9 Å². The summed E-state index contributed by atoms with van der Waals surface area (Å²) < 4.78 is 44.7. The maximum atomic E-state index is 13.8. The molecule has 3 heterocycles. The molecular formula is C29H29F3N8O. The fraction of sp³-hybridized carbons (Fsp3) is 0.310. The fourth-order valence-electron chi connectivity index (χ4n) is 4.78. The van der Waals surface area contributed by atoms with Crippen molar-refractivity contribution in [1.82, 2.24) is 29.7 Å². The van der Waals surface area contributed by atoms with E-state index in [1.165, 1.54) is 0 Å². The number of halogens is 3. The quantitative estimate of drug-likeness (QED) is 0.353. The zero-order chi connectivity index (χ0) is 29.3. The highest BCUT2D eigenvalue weighted by Gasteiger charge is 2.32. The molecule has 1 amide bonds. The Hall–Kier alpha value is -4.63.